The number of ether oxygens (including phenoxy) is 1. The van der Waals surface area contributed by atoms with Crippen molar-refractivity contribution in [3.63, 3.8) is 0 Å². The summed E-state index contributed by atoms with van der Waals surface area (Å²) in [5.74, 6) is -0.0940. The maximum Gasteiger partial charge on any atom is 0.271 e. The quantitative estimate of drug-likeness (QED) is 0.552. The van der Waals surface area contributed by atoms with Crippen LogP contribution in [0.4, 0.5) is 11.4 Å². The minimum Gasteiger partial charge on any atom is -0.463 e. The van der Waals surface area contributed by atoms with Gasteiger partial charge >= 0.3 is 0 Å². The summed E-state index contributed by atoms with van der Waals surface area (Å²) in [6.07, 6.45) is -0.801. The van der Waals surface area contributed by atoms with Gasteiger partial charge in [-0.25, -0.2) is 0 Å². The van der Waals surface area contributed by atoms with E-state index >= 15 is 0 Å². The van der Waals surface area contributed by atoms with E-state index in [9.17, 15) is 9.59 Å². The van der Waals surface area contributed by atoms with E-state index in [1.165, 1.54) is 16.8 Å². The third kappa shape index (κ3) is 5.61. The van der Waals surface area contributed by atoms with E-state index in [-0.39, 0.29) is 17.3 Å². The Bertz CT molecular complexity index is 1200. The van der Waals surface area contributed by atoms with E-state index < -0.39 is 6.10 Å². The zero-order valence-corrected chi connectivity index (χ0v) is 20.2. The second kappa shape index (κ2) is 10.3. The normalized spacial score (nSPS) is 11.7. The number of carbonyl (C=O) groups excluding carboxylic acids is 1. The van der Waals surface area contributed by atoms with Gasteiger partial charge in [-0.05, 0) is 88.6 Å². The number of hydrogen-bond donors (Lipinski definition) is 1. The van der Waals surface area contributed by atoms with Crippen molar-refractivity contribution in [3.05, 3.63) is 75.6 Å². The molecular formula is C26H32N4O3. The van der Waals surface area contributed by atoms with Gasteiger partial charge in [0, 0.05) is 36.6 Å². The summed E-state index contributed by atoms with van der Waals surface area (Å²) in [6.45, 7) is 13.7. The predicted molar refractivity (Wildman–Crippen MR) is 133 cm³/mol. The summed E-state index contributed by atoms with van der Waals surface area (Å²) in [5.41, 5.74) is 5.40. The van der Waals surface area contributed by atoms with Crippen LogP contribution >= 0.6 is 0 Å². The molecule has 3 aromatic rings. The summed E-state index contributed by atoms with van der Waals surface area (Å²) in [5, 5.41) is 7.23. The molecule has 1 aromatic heterocycles. The molecular weight excluding hydrogens is 416 g/mol. The molecule has 1 heterocycles. The van der Waals surface area contributed by atoms with Gasteiger partial charge in [0.1, 0.15) is 0 Å². The smallest absolute Gasteiger partial charge is 0.271 e. The highest BCUT2D eigenvalue weighted by Crippen LogP contribution is 2.23. The molecule has 0 aliphatic rings. The fourth-order valence-corrected chi connectivity index (χ4v) is 3.54. The number of anilines is 2. The molecule has 0 saturated heterocycles. The van der Waals surface area contributed by atoms with Gasteiger partial charge in [-0.1, -0.05) is 6.07 Å². The molecule has 0 fully saturated rings. The highest BCUT2D eigenvalue weighted by atomic mass is 16.5. The topological polar surface area (TPSA) is 76.5 Å². The van der Waals surface area contributed by atoms with Gasteiger partial charge in [0.15, 0.2) is 6.10 Å². The molecule has 0 unspecified atom stereocenters. The first-order valence-electron chi connectivity index (χ1n) is 11.2. The number of aromatic nitrogens is 2. The molecule has 7 nitrogen and oxygen atoms in total. The first-order valence-corrected chi connectivity index (χ1v) is 11.2. The van der Waals surface area contributed by atoms with Gasteiger partial charge in [0.2, 0.25) is 5.88 Å². The van der Waals surface area contributed by atoms with Gasteiger partial charge in [-0.15, -0.1) is 5.10 Å². The molecule has 174 valence electrons. The number of rotatable bonds is 8. The molecule has 0 aliphatic carbocycles. The number of nitrogens with zero attached hydrogens (tertiary/aromatic N) is 3. The number of benzene rings is 2. The molecule has 0 bridgehead atoms. The molecule has 1 N–H and O–H groups in total. The lowest BCUT2D eigenvalue weighted by atomic mass is 10.1. The second-order valence-electron chi connectivity index (χ2n) is 8.11. The van der Waals surface area contributed by atoms with Crippen molar-refractivity contribution in [1.82, 2.24) is 9.78 Å². The molecule has 2 aromatic carbocycles. The van der Waals surface area contributed by atoms with Crippen LogP contribution in [0.1, 0.15) is 37.5 Å². The summed E-state index contributed by atoms with van der Waals surface area (Å²) in [7, 11) is 0. The predicted octanol–water partition coefficient (Wildman–Crippen LogP) is 4.41. The third-order valence-electron chi connectivity index (χ3n) is 5.77. The SMILES string of the molecule is CCN(CC)c1ccc(NC(=O)[C@@H](C)Oc2ccc(=O)n(-c3ccc(C)c(C)c3)n2)c(C)c1. The van der Waals surface area contributed by atoms with Crippen molar-refractivity contribution in [2.75, 3.05) is 23.3 Å². The standard InChI is InChI=1S/C26H32N4O3/c1-7-29(8-2)21-11-12-23(19(5)16-21)27-26(32)20(6)33-24-13-14-25(31)30(28-24)22-10-9-17(3)18(4)15-22/h9-16,20H,7-8H2,1-6H3,(H,27,32)/t20-/m1/s1. The molecule has 7 heteroatoms. The van der Waals surface area contributed by atoms with Crippen LogP contribution in [0.15, 0.2) is 53.3 Å². The lowest BCUT2D eigenvalue weighted by molar-refractivity contribution is -0.122. The Morgan fingerprint density at radius 1 is 1.00 bits per heavy atom. The summed E-state index contributed by atoms with van der Waals surface area (Å²) < 4.78 is 7.05. The van der Waals surface area contributed by atoms with Gasteiger partial charge in [0.25, 0.3) is 11.5 Å². The van der Waals surface area contributed by atoms with Crippen molar-refractivity contribution < 1.29 is 9.53 Å². The minimum atomic E-state index is -0.801. The summed E-state index contributed by atoms with van der Waals surface area (Å²) in [6, 6.07) is 14.5. The van der Waals surface area contributed by atoms with E-state index in [1.807, 2.05) is 51.1 Å². The Morgan fingerprint density at radius 3 is 2.36 bits per heavy atom. The number of hydrogen-bond acceptors (Lipinski definition) is 5. The maximum atomic E-state index is 12.8. The molecule has 33 heavy (non-hydrogen) atoms. The first kappa shape index (κ1) is 24.0. The van der Waals surface area contributed by atoms with E-state index in [4.69, 9.17) is 4.74 Å². The Morgan fingerprint density at radius 2 is 1.73 bits per heavy atom. The fourth-order valence-electron chi connectivity index (χ4n) is 3.54. The summed E-state index contributed by atoms with van der Waals surface area (Å²) in [4.78, 5) is 27.4. The Kier molecular flexibility index (Phi) is 7.53. The van der Waals surface area contributed by atoms with Gasteiger partial charge in [0.05, 0.1) is 5.69 Å². The van der Waals surface area contributed by atoms with Crippen LogP contribution in [0.25, 0.3) is 5.69 Å². The van der Waals surface area contributed by atoms with E-state index in [2.05, 4.69) is 35.2 Å². The van der Waals surface area contributed by atoms with E-state index in [1.54, 1.807) is 6.92 Å². The molecule has 0 saturated carbocycles. The lowest BCUT2D eigenvalue weighted by Gasteiger charge is -2.22. The van der Waals surface area contributed by atoms with Crippen LogP contribution in [-0.4, -0.2) is 34.9 Å². The third-order valence-corrected chi connectivity index (χ3v) is 5.77. The van der Waals surface area contributed by atoms with Crippen molar-refractivity contribution in [1.29, 1.82) is 0 Å². The van der Waals surface area contributed by atoms with Crippen molar-refractivity contribution in [2.45, 2.75) is 47.6 Å². The molecule has 0 spiro atoms. The van der Waals surface area contributed by atoms with Crippen molar-refractivity contribution in [2.24, 2.45) is 0 Å². The average molecular weight is 449 g/mol. The van der Waals surface area contributed by atoms with Crippen LogP contribution < -0.4 is 20.5 Å². The summed E-state index contributed by atoms with van der Waals surface area (Å²) >= 11 is 0. The highest BCUT2D eigenvalue weighted by Gasteiger charge is 2.18. The maximum absolute atomic E-state index is 12.8. The fraction of sp³-hybridized carbons (Fsp3) is 0.346. The molecule has 3 rings (SSSR count). The van der Waals surface area contributed by atoms with Crippen molar-refractivity contribution in [3.8, 4) is 11.6 Å². The number of aryl methyl sites for hydroxylation is 3. The molecule has 0 aliphatic heterocycles. The number of nitrogens with one attached hydrogen (secondary N) is 1. The zero-order chi connectivity index (χ0) is 24.1. The zero-order valence-electron chi connectivity index (χ0n) is 20.2. The van der Waals surface area contributed by atoms with Crippen molar-refractivity contribution >= 4 is 17.3 Å². The molecule has 0 radical (unpaired) electrons. The van der Waals surface area contributed by atoms with E-state index in [0.29, 0.717) is 5.69 Å². The molecule has 1 amide bonds. The van der Waals surface area contributed by atoms with Crippen LogP contribution in [0.5, 0.6) is 5.88 Å². The van der Waals surface area contributed by atoms with Crippen LogP contribution in [0, 0.1) is 20.8 Å². The first-order chi connectivity index (χ1) is 15.7. The van der Waals surface area contributed by atoms with E-state index in [0.717, 1.165) is 41.2 Å². The van der Waals surface area contributed by atoms with Gasteiger partial charge in [-0.2, -0.15) is 4.68 Å². The minimum absolute atomic E-state index is 0.198. The van der Waals surface area contributed by atoms with Gasteiger partial charge in [-0.3, -0.25) is 9.59 Å². The Hall–Kier alpha value is -3.61. The Labute approximate surface area is 195 Å². The average Bonchev–Trinajstić information content (AvgIpc) is 2.79. The van der Waals surface area contributed by atoms with Crippen LogP contribution in [-0.2, 0) is 4.79 Å². The number of amides is 1. The van der Waals surface area contributed by atoms with Crippen LogP contribution in [0.3, 0.4) is 0 Å². The van der Waals surface area contributed by atoms with Crippen LogP contribution in [0.2, 0.25) is 0 Å². The molecule has 1 atom stereocenters. The Balaban J connectivity index is 1.74. The largest absolute Gasteiger partial charge is 0.463 e. The monoisotopic (exact) mass is 448 g/mol. The lowest BCUT2D eigenvalue weighted by Crippen LogP contribution is -2.31. The number of carbonyl (C=O) groups is 1. The second-order valence-corrected chi connectivity index (χ2v) is 8.11. The highest BCUT2D eigenvalue weighted by molar-refractivity contribution is 5.95. The van der Waals surface area contributed by atoms with Gasteiger partial charge < -0.3 is 15.0 Å².